The molecule has 0 radical (unpaired) electrons. The Hall–Kier alpha value is -3.30. The van der Waals surface area contributed by atoms with Crippen molar-refractivity contribution in [2.45, 2.75) is 12.1 Å². The average molecular weight is 423 g/mol. The van der Waals surface area contributed by atoms with Crippen molar-refractivity contribution in [1.29, 1.82) is 0 Å². The SMILES string of the molecule is COCCN1C(=S)N[C@@H](c2ccccn2)[C@@H]1c1cccn1-c1ccc([N+](=O)[O-])cc1. The normalized spacial score (nSPS) is 18.4. The van der Waals surface area contributed by atoms with Crippen LogP contribution in [0.25, 0.3) is 5.69 Å². The molecule has 0 amide bonds. The van der Waals surface area contributed by atoms with Gasteiger partial charge in [0.2, 0.25) is 0 Å². The van der Waals surface area contributed by atoms with Crippen molar-refractivity contribution in [3.63, 3.8) is 0 Å². The summed E-state index contributed by atoms with van der Waals surface area (Å²) in [5.41, 5.74) is 2.79. The lowest BCUT2D eigenvalue weighted by atomic mass is 10.0. The van der Waals surface area contributed by atoms with E-state index in [1.54, 1.807) is 25.4 Å². The number of rotatable bonds is 7. The number of hydrogen-bond donors (Lipinski definition) is 1. The Balaban J connectivity index is 1.76. The number of nitro benzene ring substituents is 1. The Kier molecular flexibility index (Phi) is 5.73. The molecular weight excluding hydrogens is 402 g/mol. The summed E-state index contributed by atoms with van der Waals surface area (Å²) in [5.74, 6) is 0. The van der Waals surface area contributed by atoms with Crippen LogP contribution >= 0.6 is 12.2 Å². The minimum absolute atomic E-state index is 0.0595. The third-order valence-electron chi connectivity index (χ3n) is 5.16. The second kappa shape index (κ2) is 8.60. The van der Waals surface area contributed by atoms with E-state index in [1.807, 2.05) is 41.1 Å². The number of nitrogens with zero attached hydrogens (tertiary/aromatic N) is 4. The number of pyridine rings is 1. The van der Waals surface area contributed by atoms with Gasteiger partial charge in [0.1, 0.15) is 0 Å². The highest BCUT2D eigenvalue weighted by molar-refractivity contribution is 7.80. The average Bonchev–Trinajstić information content (AvgIpc) is 3.37. The zero-order chi connectivity index (χ0) is 21.1. The molecule has 3 aromatic rings. The molecular formula is C21H21N5O3S. The predicted octanol–water partition coefficient (Wildman–Crippen LogP) is 3.40. The highest BCUT2D eigenvalue weighted by Crippen LogP contribution is 2.39. The fourth-order valence-electron chi connectivity index (χ4n) is 3.76. The summed E-state index contributed by atoms with van der Waals surface area (Å²) < 4.78 is 7.32. The Bertz CT molecular complexity index is 1040. The number of aromatic nitrogens is 2. The molecule has 1 aliphatic heterocycles. The van der Waals surface area contributed by atoms with Gasteiger partial charge in [-0.25, -0.2) is 0 Å². The van der Waals surface area contributed by atoms with E-state index in [1.165, 1.54) is 12.1 Å². The zero-order valence-electron chi connectivity index (χ0n) is 16.3. The number of hydrogen-bond acceptors (Lipinski definition) is 5. The number of nitro groups is 1. The van der Waals surface area contributed by atoms with Crippen LogP contribution in [0.3, 0.4) is 0 Å². The molecule has 8 nitrogen and oxygen atoms in total. The molecule has 1 N–H and O–H groups in total. The van der Waals surface area contributed by atoms with E-state index in [9.17, 15) is 10.1 Å². The predicted molar refractivity (Wildman–Crippen MR) is 116 cm³/mol. The van der Waals surface area contributed by atoms with Crippen molar-refractivity contribution in [2.24, 2.45) is 0 Å². The molecule has 2 atom stereocenters. The molecule has 1 aliphatic rings. The Morgan fingerprint density at radius 1 is 1.20 bits per heavy atom. The van der Waals surface area contributed by atoms with Crippen LogP contribution in [0.1, 0.15) is 23.5 Å². The highest BCUT2D eigenvalue weighted by Gasteiger charge is 2.41. The molecule has 0 saturated carbocycles. The molecule has 0 aliphatic carbocycles. The summed E-state index contributed by atoms with van der Waals surface area (Å²) in [6.45, 7) is 1.16. The standard InChI is InChI=1S/C21H21N5O3S/c1-29-14-13-25-20(19(23-21(25)30)17-5-2-3-11-22-17)18-6-4-12-24(18)15-7-9-16(10-8-15)26(27)28/h2-12,19-20H,13-14H2,1H3,(H,23,30)/t19-,20-/m0/s1. The summed E-state index contributed by atoms with van der Waals surface area (Å²) in [7, 11) is 1.66. The first kappa shape index (κ1) is 20.0. The van der Waals surface area contributed by atoms with Gasteiger partial charge in [-0.3, -0.25) is 15.1 Å². The largest absolute Gasteiger partial charge is 0.383 e. The van der Waals surface area contributed by atoms with Crippen LogP contribution in [0, 0.1) is 10.1 Å². The number of nitrogens with one attached hydrogen (secondary N) is 1. The van der Waals surface area contributed by atoms with Gasteiger partial charge >= 0.3 is 0 Å². The molecule has 0 unspecified atom stereocenters. The van der Waals surface area contributed by atoms with Crippen LogP contribution in [0.15, 0.2) is 67.0 Å². The van der Waals surface area contributed by atoms with E-state index in [-0.39, 0.29) is 17.8 Å². The van der Waals surface area contributed by atoms with Gasteiger partial charge in [0, 0.05) is 49.6 Å². The van der Waals surface area contributed by atoms with Gasteiger partial charge in [-0.1, -0.05) is 6.07 Å². The highest BCUT2D eigenvalue weighted by atomic mass is 32.1. The molecule has 1 saturated heterocycles. The molecule has 0 bridgehead atoms. The minimum Gasteiger partial charge on any atom is -0.383 e. The van der Waals surface area contributed by atoms with Crippen LogP contribution in [-0.2, 0) is 4.74 Å². The lowest BCUT2D eigenvalue weighted by Crippen LogP contribution is -2.33. The lowest BCUT2D eigenvalue weighted by Gasteiger charge is -2.28. The number of benzene rings is 1. The fraction of sp³-hybridized carbons (Fsp3) is 0.238. The van der Waals surface area contributed by atoms with Crippen molar-refractivity contribution in [1.82, 2.24) is 19.8 Å². The van der Waals surface area contributed by atoms with E-state index in [2.05, 4.69) is 15.2 Å². The monoisotopic (exact) mass is 423 g/mol. The smallest absolute Gasteiger partial charge is 0.269 e. The molecule has 2 aromatic heterocycles. The molecule has 0 spiro atoms. The number of non-ortho nitro benzene ring substituents is 1. The van der Waals surface area contributed by atoms with Crippen molar-refractivity contribution in [3.05, 3.63) is 88.5 Å². The second-order valence-corrected chi connectivity index (χ2v) is 7.28. The Morgan fingerprint density at radius 3 is 2.67 bits per heavy atom. The second-order valence-electron chi connectivity index (χ2n) is 6.89. The molecule has 1 fully saturated rings. The van der Waals surface area contributed by atoms with E-state index in [4.69, 9.17) is 17.0 Å². The van der Waals surface area contributed by atoms with Crippen molar-refractivity contribution >= 4 is 23.0 Å². The van der Waals surface area contributed by atoms with E-state index in [0.29, 0.717) is 18.3 Å². The summed E-state index contributed by atoms with van der Waals surface area (Å²) in [5, 5.41) is 15.1. The van der Waals surface area contributed by atoms with Gasteiger partial charge in [-0.15, -0.1) is 0 Å². The van der Waals surface area contributed by atoms with Crippen LogP contribution in [-0.4, -0.2) is 44.7 Å². The lowest BCUT2D eigenvalue weighted by molar-refractivity contribution is -0.384. The van der Waals surface area contributed by atoms with E-state index < -0.39 is 4.92 Å². The van der Waals surface area contributed by atoms with Crippen molar-refractivity contribution < 1.29 is 9.66 Å². The first-order valence-corrected chi connectivity index (χ1v) is 9.90. The van der Waals surface area contributed by atoms with Gasteiger partial charge in [0.25, 0.3) is 5.69 Å². The van der Waals surface area contributed by atoms with Crippen LogP contribution in [0.2, 0.25) is 0 Å². The van der Waals surface area contributed by atoms with Gasteiger partial charge in [0.05, 0.1) is 29.3 Å². The third kappa shape index (κ3) is 3.77. The molecule has 30 heavy (non-hydrogen) atoms. The van der Waals surface area contributed by atoms with E-state index >= 15 is 0 Å². The first-order valence-electron chi connectivity index (χ1n) is 9.49. The van der Waals surface area contributed by atoms with Gasteiger partial charge < -0.3 is 19.5 Å². The van der Waals surface area contributed by atoms with Gasteiger partial charge in [-0.2, -0.15) is 0 Å². The fourth-order valence-corrected chi connectivity index (χ4v) is 4.09. The maximum absolute atomic E-state index is 11.0. The summed E-state index contributed by atoms with van der Waals surface area (Å²) in [6.07, 6.45) is 3.71. The van der Waals surface area contributed by atoms with Crippen molar-refractivity contribution in [3.8, 4) is 5.69 Å². The topological polar surface area (TPSA) is 85.5 Å². The molecule has 1 aromatic carbocycles. The van der Waals surface area contributed by atoms with Crippen molar-refractivity contribution in [2.75, 3.05) is 20.3 Å². The van der Waals surface area contributed by atoms with Crippen LogP contribution in [0.4, 0.5) is 5.69 Å². The molecule has 154 valence electrons. The van der Waals surface area contributed by atoms with Gasteiger partial charge in [-0.05, 0) is 48.6 Å². The van der Waals surface area contributed by atoms with Crippen LogP contribution < -0.4 is 5.32 Å². The number of thiocarbonyl (C=S) groups is 1. The number of methoxy groups -OCH3 is 1. The Morgan fingerprint density at radius 2 is 2.00 bits per heavy atom. The van der Waals surface area contributed by atoms with Gasteiger partial charge in [0.15, 0.2) is 5.11 Å². The minimum atomic E-state index is -0.400. The first-order chi connectivity index (χ1) is 14.6. The van der Waals surface area contributed by atoms with Crippen LogP contribution in [0.5, 0.6) is 0 Å². The summed E-state index contributed by atoms with van der Waals surface area (Å²) in [6, 6.07) is 16.1. The maximum Gasteiger partial charge on any atom is 0.269 e. The molecule has 3 heterocycles. The summed E-state index contributed by atoms with van der Waals surface area (Å²) >= 11 is 5.63. The third-order valence-corrected chi connectivity index (χ3v) is 5.51. The quantitative estimate of drug-likeness (QED) is 0.354. The number of ether oxygens (including phenoxy) is 1. The summed E-state index contributed by atoms with van der Waals surface area (Å²) in [4.78, 5) is 17.3. The Labute approximate surface area is 179 Å². The maximum atomic E-state index is 11.0. The zero-order valence-corrected chi connectivity index (χ0v) is 17.2. The van der Waals surface area contributed by atoms with E-state index in [0.717, 1.165) is 17.1 Å². The molecule has 9 heteroatoms. The molecule has 4 rings (SSSR count).